The molecule has 4 N–H and O–H groups in total. The summed E-state index contributed by atoms with van der Waals surface area (Å²) in [6, 6.07) is 14.5. The number of aliphatic carboxylic acids is 1. The van der Waals surface area contributed by atoms with E-state index in [1.54, 1.807) is 23.1 Å². The topological polar surface area (TPSA) is 167 Å². The Kier molecular flexibility index (Phi) is 8.27. The molecular formula is C27H26N4O7S3. The number of primary sulfonamides is 1. The second-order valence-corrected chi connectivity index (χ2v) is 13.3. The monoisotopic (exact) mass is 614 g/mol. The number of hydrogen-bond donors (Lipinski definition) is 3. The van der Waals surface area contributed by atoms with E-state index in [2.05, 4.69) is 5.32 Å². The summed E-state index contributed by atoms with van der Waals surface area (Å²) in [4.78, 5) is 54.4. The third kappa shape index (κ3) is 6.20. The molecule has 2 aromatic carbocycles. The van der Waals surface area contributed by atoms with Gasteiger partial charge in [-0.3, -0.25) is 19.3 Å². The molecule has 2 aromatic rings. The molecule has 0 saturated carbocycles. The number of carbonyl (C=O) groups is 4. The maximum Gasteiger partial charge on any atom is 0.352 e. The molecule has 0 bridgehead atoms. The highest BCUT2D eigenvalue weighted by Gasteiger charge is 2.54. The van der Waals surface area contributed by atoms with Crippen LogP contribution >= 0.6 is 23.5 Å². The number of nitrogens with zero attached hydrogens (tertiary/aromatic N) is 2. The number of nitrogens with two attached hydrogens (primary N) is 1. The number of carboxylic acids is 1. The van der Waals surface area contributed by atoms with Crippen molar-refractivity contribution < 1.29 is 32.7 Å². The lowest BCUT2D eigenvalue weighted by atomic mass is 10.0. The van der Waals surface area contributed by atoms with Gasteiger partial charge in [0, 0.05) is 29.3 Å². The zero-order valence-electron chi connectivity index (χ0n) is 21.6. The quantitative estimate of drug-likeness (QED) is 0.216. The largest absolute Gasteiger partial charge is 0.477 e. The SMILES string of the molecule is NS(=O)(=O)c1ccc(CN2CC/C(=C\C3=C(C(=O)O)N4C(=O)[C@@H](NC(=O)CSc5ccccc5)[C@H]4SC3)C2=O)cc1. The van der Waals surface area contributed by atoms with E-state index in [0.29, 0.717) is 24.1 Å². The molecule has 0 aromatic heterocycles. The van der Waals surface area contributed by atoms with Gasteiger partial charge in [0.2, 0.25) is 21.8 Å². The van der Waals surface area contributed by atoms with Crippen molar-refractivity contribution >= 4 is 57.2 Å². The van der Waals surface area contributed by atoms with Crippen LogP contribution in [0.2, 0.25) is 0 Å². The lowest BCUT2D eigenvalue weighted by molar-refractivity contribution is -0.150. The number of nitrogens with one attached hydrogen (secondary N) is 1. The minimum atomic E-state index is -3.82. The summed E-state index contributed by atoms with van der Waals surface area (Å²) in [5.41, 5.74) is 1.32. The predicted molar refractivity (Wildman–Crippen MR) is 153 cm³/mol. The van der Waals surface area contributed by atoms with E-state index in [-0.39, 0.29) is 40.5 Å². The third-order valence-electron chi connectivity index (χ3n) is 6.82. The van der Waals surface area contributed by atoms with E-state index in [1.807, 2.05) is 30.3 Å². The van der Waals surface area contributed by atoms with Crippen molar-refractivity contribution in [1.29, 1.82) is 0 Å². The fourth-order valence-electron chi connectivity index (χ4n) is 4.80. The van der Waals surface area contributed by atoms with Gasteiger partial charge in [0.05, 0.1) is 10.6 Å². The smallest absolute Gasteiger partial charge is 0.352 e. The maximum atomic E-state index is 13.1. The fraction of sp³-hybridized carbons (Fsp3) is 0.259. The van der Waals surface area contributed by atoms with E-state index in [9.17, 15) is 32.7 Å². The summed E-state index contributed by atoms with van der Waals surface area (Å²) >= 11 is 2.68. The molecule has 3 aliphatic heterocycles. The van der Waals surface area contributed by atoms with Crippen LogP contribution in [0, 0.1) is 0 Å². The number of likely N-dealkylation sites (tertiary alicyclic amines) is 1. The lowest BCUT2D eigenvalue weighted by Gasteiger charge is -2.49. The molecule has 2 saturated heterocycles. The van der Waals surface area contributed by atoms with Crippen molar-refractivity contribution in [1.82, 2.24) is 15.1 Å². The first-order chi connectivity index (χ1) is 19.5. The first kappa shape index (κ1) is 28.9. The molecule has 11 nitrogen and oxygen atoms in total. The van der Waals surface area contributed by atoms with Crippen LogP contribution in [0.25, 0.3) is 0 Å². The number of amides is 3. The Hall–Kier alpha value is -3.59. The molecular weight excluding hydrogens is 589 g/mol. The van der Waals surface area contributed by atoms with Gasteiger partial charge in [0.25, 0.3) is 5.91 Å². The number of β-lactam (4-membered cyclic amide) rings is 1. The van der Waals surface area contributed by atoms with Gasteiger partial charge in [0.1, 0.15) is 17.1 Å². The Labute approximate surface area is 244 Å². The summed E-state index contributed by atoms with van der Waals surface area (Å²) in [5.74, 6) is -1.98. The van der Waals surface area contributed by atoms with Crippen molar-refractivity contribution in [3.63, 3.8) is 0 Å². The van der Waals surface area contributed by atoms with Crippen molar-refractivity contribution in [3.05, 3.63) is 83.1 Å². The average Bonchev–Trinajstić information content (AvgIpc) is 3.28. The second-order valence-electron chi connectivity index (χ2n) is 9.57. The van der Waals surface area contributed by atoms with Gasteiger partial charge in [-0.2, -0.15) is 0 Å². The molecule has 41 heavy (non-hydrogen) atoms. The zero-order chi connectivity index (χ0) is 29.3. The van der Waals surface area contributed by atoms with E-state index in [1.165, 1.54) is 40.6 Å². The Morgan fingerprint density at radius 2 is 1.83 bits per heavy atom. The molecule has 0 radical (unpaired) electrons. The molecule has 0 aliphatic carbocycles. The number of fused-ring (bicyclic) bond motifs is 1. The lowest BCUT2D eigenvalue weighted by Crippen LogP contribution is -2.70. The Morgan fingerprint density at radius 1 is 1.12 bits per heavy atom. The number of benzene rings is 2. The van der Waals surface area contributed by atoms with Crippen molar-refractivity contribution in [2.75, 3.05) is 18.1 Å². The van der Waals surface area contributed by atoms with Crippen LogP contribution < -0.4 is 10.5 Å². The van der Waals surface area contributed by atoms with Crippen molar-refractivity contribution in [3.8, 4) is 0 Å². The van der Waals surface area contributed by atoms with Crippen LogP contribution in [0.15, 0.2) is 87.3 Å². The van der Waals surface area contributed by atoms with Crippen LogP contribution in [0.1, 0.15) is 12.0 Å². The van der Waals surface area contributed by atoms with Crippen LogP contribution in [-0.2, 0) is 35.7 Å². The summed E-state index contributed by atoms with van der Waals surface area (Å²) in [7, 11) is -3.82. The van der Waals surface area contributed by atoms with Gasteiger partial charge in [-0.1, -0.05) is 30.3 Å². The summed E-state index contributed by atoms with van der Waals surface area (Å²) in [6.45, 7) is 0.655. The van der Waals surface area contributed by atoms with Crippen LogP contribution in [0.4, 0.5) is 0 Å². The van der Waals surface area contributed by atoms with Gasteiger partial charge < -0.3 is 15.3 Å². The van der Waals surface area contributed by atoms with E-state index >= 15 is 0 Å². The minimum absolute atomic E-state index is 0.0238. The van der Waals surface area contributed by atoms with Gasteiger partial charge >= 0.3 is 5.97 Å². The molecule has 2 atom stereocenters. The standard InChI is InChI=1S/C27H26N4O7S3/c28-41(37,38)20-8-6-16(7-9-20)13-30-11-10-17(24(30)33)12-18-14-40-26-22(25(34)31(26)23(18)27(35)36)29-21(32)15-39-19-4-2-1-3-5-19/h1-9,12,22,26H,10-11,13-15H2,(H,29,32)(H,35,36)(H2,28,37,38)/b17-12+/t22-,26-/m1/s1. The summed E-state index contributed by atoms with van der Waals surface area (Å²) in [5, 5.41) is 17.3. The number of carbonyl (C=O) groups excluding carboxylic acids is 3. The van der Waals surface area contributed by atoms with Crippen molar-refractivity contribution in [2.24, 2.45) is 5.14 Å². The third-order valence-corrected chi connectivity index (χ3v) is 10.1. The van der Waals surface area contributed by atoms with Gasteiger partial charge in [0.15, 0.2) is 0 Å². The molecule has 0 spiro atoms. The fourth-order valence-corrected chi connectivity index (χ4v) is 7.35. The number of rotatable bonds is 9. The molecule has 14 heteroatoms. The Bertz CT molecular complexity index is 1570. The molecule has 5 rings (SSSR count). The van der Waals surface area contributed by atoms with Crippen LogP contribution in [-0.4, -0.2) is 76.5 Å². The van der Waals surface area contributed by atoms with E-state index in [4.69, 9.17) is 5.14 Å². The molecule has 2 fully saturated rings. The number of carboxylic acid groups (broad SMARTS) is 1. The van der Waals surface area contributed by atoms with Crippen molar-refractivity contribution in [2.45, 2.75) is 34.2 Å². The van der Waals surface area contributed by atoms with E-state index < -0.39 is 33.3 Å². The number of allylic oxidation sites excluding steroid dienone is 1. The Balaban J connectivity index is 1.25. The highest BCUT2D eigenvalue weighted by atomic mass is 32.2. The molecule has 3 aliphatic rings. The molecule has 0 unspecified atom stereocenters. The maximum absolute atomic E-state index is 13.1. The van der Waals surface area contributed by atoms with Gasteiger partial charge in [-0.05, 0) is 47.9 Å². The molecule has 3 amide bonds. The number of hydrogen-bond acceptors (Lipinski definition) is 8. The summed E-state index contributed by atoms with van der Waals surface area (Å²) < 4.78 is 22.9. The highest BCUT2D eigenvalue weighted by Crippen LogP contribution is 2.41. The average molecular weight is 615 g/mol. The number of thioether (sulfide) groups is 2. The minimum Gasteiger partial charge on any atom is -0.477 e. The Morgan fingerprint density at radius 3 is 2.49 bits per heavy atom. The van der Waals surface area contributed by atoms with Crippen LogP contribution in [0.3, 0.4) is 0 Å². The molecule has 3 heterocycles. The summed E-state index contributed by atoms with van der Waals surface area (Å²) in [6.07, 6.45) is 1.94. The highest BCUT2D eigenvalue weighted by molar-refractivity contribution is 8.00. The van der Waals surface area contributed by atoms with E-state index in [0.717, 1.165) is 10.5 Å². The normalized spacial score (nSPS) is 21.6. The second kappa shape index (κ2) is 11.7. The first-order valence-electron chi connectivity index (χ1n) is 12.5. The number of sulfonamides is 1. The van der Waals surface area contributed by atoms with Crippen LogP contribution in [0.5, 0.6) is 0 Å². The molecule has 214 valence electrons. The first-order valence-corrected chi connectivity index (χ1v) is 16.1. The zero-order valence-corrected chi connectivity index (χ0v) is 24.0. The van der Waals surface area contributed by atoms with Gasteiger partial charge in [-0.15, -0.1) is 23.5 Å². The predicted octanol–water partition coefficient (Wildman–Crippen LogP) is 1.52. The van der Waals surface area contributed by atoms with Gasteiger partial charge in [-0.25, -0.2) is 18.4 Å².